The average Bonchev–Trinajstić information content (AvgIpc) is 2.59. The second-order valence-corrected chi connectivity index (χ2v) is 5.71. The number of carbonyl (C=O) groups is 1. The number of para-hydroxylation sites is 1. The smallest absolute Gasteiger partial charge is 0.264 e. The summed E-state index contributed by atoms with van der Waals surface area (Å²) in [6.07, 6.45) is 1.22. The van der Waals surface area contributed by atoms with Crippen molar-refractivity contribution in [2.45, 2.75) is 0 Å². The number of carbonyl (C=O) groups excluding carboxylic acids is 1. The molecule has 0 spiro atoms. The Labute approximate surface area is 147 Å². The van der Waals surface area contributed by atoms with Crippen LogP contribution >= 0.6 is 23.2 Å². The van der Waals surface area contributed by atoms with Crippen LogP contribution in [0.15, 0.2) is 59.5 Å². The van der Waals surface area contributed by atoms with Gasteiger partial charge in [-0.2, -0.15) is 0 Å². The van der Waals surface area contributed by atoms with Crippen LogP contribution in [-0.2, 0) is 0 Å². The maximum atomic E-state index is 12.3. The zero-order valence-electron chi connectivity index (χ0n) is 12.2. The highest BCUT2D eigenvalue weighted by Crippen LogP contribution is 2.30. The quantitative estimate of drug-likeness (QED) is 0.742. The Kier molecular flexibility index (Phi) is 4.64. The molecule has 0 bridgehead atoms. The van der Waals surface area contributed by atoms with Gasteiger partial charge in [-0.1, -0.05) is 59.6 Å². The van der Waals surface area contributed by atoms with Crippen molar-refractivity contribution in [3.63, 3.8) is 0 Å². The zero-order valence-corrected chi connectivity index (χ0v) is 13.7. The van der Waals surface area contributed by atoms with Gasteiger partial charge in [0.1, 0.15) is 11.4 Å². The van der Waals surface area contributed by atoms with Crippen molar-refractivity contribution < 1.29 is 4.79 Å². The molecule has 1 aromatic heterocycles. The van der Waals surface area contributed by atoms with Gasteiger partial charge >= 0.3 is 0 Å². The number of halogens is 2. The van der Waals surface area contributed by atoms with Crippen molar-refractivity contribution in [1.29, 1.82) is 0 Å². The van der Waals surface area contributed by atoms with Crippen LogP contribution in [0.3, 0.4) is 0 Å². The standard InChI is InChI=1S/C17H11Cl2N3O2/c18-12-7-4-8-13(19)14(12)21-16(23)11-9-20-15(22-17(11)24)10-5-2-1-3-6-10/h1-9H,(H,21,23)(H,20,22,24). The van der Waals surface area contributed by atoms with Crippen LogP contribution in [0.4, 0.5) is 5.69 Å². The number of aromatic amines is 1. The first-order valence-electron chi connectivity index (χ1n) is 6.96. The van der Waals surface area contributed by atoms with E-state index in [4.69, 9.17) is 23.2 Å². The summed E-state index contributed by atoms with van der Waals surface area (Å²) < 4.78 is 0. The predicted molar refractivity (Wildman–Crippen MR) is 94.7 cm³/mol. The van der Waals surface area contributed by atoms with E-state index in [0.29, 0.717) is 5.82 Å². The fourth-order valence-electron chi connectivity index (χ4n) is 2.10. The lowest BCUT2D eigenvalue weighted by molar-refractivity contribution is 0.102. The van der Waals surface area contributed by atoms with Gasteiger partial charge in [0.05, 0.1) is 15.7 Å². The van der Waals surface area contributed by atoms with Gasteiger partial charge in [0.2, 0.25) is 0 Å². The first-order valence-corrected chi connectivity index (χ1v) is 7.72. The predicted octanol–water partition coefficient (Wildman–Crippen LogP) is 4.00. The molecular weight excluding hydrogens is 349 g/mol. The summed E-state index contributed by atoms with van der Waals surface area (Å²) in [4.78, 5) is 31.2. The van der Waals surface area contributed by atoms with E-state index in [9.17, 15) is 9.59 Å². The van der Waals surface area contributed by atoms with Crippen LogP contribution in [0.5, 0.6) is 0 Å². The lowest BCUT2D eigenvalue weighted by atomic mass is 10.2. The molecule has 3 rings (SSSR count). The third-order valence-electron chi connectivity index (χ3n) is 3.29. The molecule has 0 saturated heterocycles. The van der Waals surface area contributed by atoms with E-state index >= 15 is 0 Å². The molecular formula is C17H11Cl2N3O2. The Balaban J connectivity index is 1.90. The van der Waals surface area contributed by atoms with Crippen molar-refractivity contribution in [3.8, 4) is 11.4 Å². The Morgan fingerprint density at radius 3 is 2.29 bits per heavy atom. The van der Waals surface area contributed by atoms with Gasteiger partial charge < -0.3 is 10.3 Å². The Bertz CT molecular complexity index is 935. The fourth-order valence-corrected chi connectivity index (χ4v) is 2.59. The van der Waals surface area contributed by atoms with E-state index < -0.39 is 11.5 Å². The molecule has 0 atom stereocenters. The second-order valence-electron chi connectivity index (χ2n) is 4.89. The number of nitrogens with one attached hydrogen (secondary N) is 2. The van der Waals surface area contributed by atoms with Crippen molar-refractivity contribution in [1.82, 2.24) is 9.97 Å². The van der Waals surface area contributed by atoms with Gasteiger partial charge in [0.25, 0.3) is 11.5 Å². The number of anilines is 1. The minimum absolute atomic E-state index is 0.134. The van der Waals surface area contributed by atoms with Gasteiger partial charge in [-0.25, -0.2) is 4.98 Å². The van der Waals surface area contributed by atoms with Gasteiger partial charge in [0.15, 0.2) is 0 Å². The average molecular weight is 360 g/mol. The molecule has 120 valence electrons. The molecule has 3 aromatic rings. The molecule has 0 fully saturated rings. The largest absolute Gasteiger partial charge is 0.319 e. The minimum Gasteiger partial charge on any atom is -0.319 e. The summed E-state index contributed by atoms with van der Waals surface area (Å²) in [6, 6.07) is 14.0. The van der Waals surface area contributed by atoms with Gasteiger partial charge in [-0.05, 0) is 12.1 Å². The lowest BCUT2D eigenvalue weighted by Crippen LogP contribution is -2.24. The third kappa shape index (κ3) is 3.32. The van der Waals surface area contributed by atoms with E-state index in [0.717, 1.165) is 5.56 Å². The molecule has 1 heterocycles. The third-order valence-corrected chi connectivity index (χ3v) is 3.92. The number of benzene rings is 2. The molecule has 0 unspecified atom stereocenters. The summed E-state index contributed by atoms with van der Waals surface area (Å²) in [7, 11) is 0. The summed E-state index contributed by atoms with van der Waals surface area (Å²) in [6.45, 7) is 0. The first kappa shape index (κ1) is 16.2. The number of amides is 1. The number of hydrogen-bond acceptors (Lipinski definition) is 3. The molecule has 5 nitrogen and oxygen atoms in total. The SMILES string of the molecule is O=C(Nc1c(Cl)cccc1Cl)c1cnc(-c2ccccc2)[nH]c1=O. The Morgan fingerprint density at radius 2 is 1.67 bits per heavy atom. The van der Waals surface area contributed by atoms with Gasteiger partial charge in [0, 0.05) is 11.8 Å². The van der Waals surface area contributed by atoms with E-state index in [1.165, 1.54) is 6.20 Å². The molecule has 24 heavy (non-hydrogen) atoms. The normalized spacial score (nSPS) is 10.4. The fraction of sp³-hybridized carbons (Fsp3) is 0. The lowest BCUT2D eigenvalue weighted by Gasteiger charge is -2.09. The summed E-state index contributed by atoms with van der Waals surface area (Å²) >= 11 is 12.0. The van der Waals surface area contributed by atoms with Gasteiger partial charge in [-0.15, -0.1) is 0 Å². The summed E-state index contributed by atoms with van der Waals surface area (Å²) in [5.41, 5.74) is 0.309. The molecule has 2 aromatic carbocycles. The van der Waals surface area contributed by atoms with Crippen molar-refractivity contribution in [2.75, 3.05) is 5.32 Å². The van der Waals surface area contributed by atoms with E-state index in [1.54, 1.807) is 18.2 Å². The highest BCUT2D eigenvalue weighted by molar-refractivity contribution is 6.40. The summed E-state index contributed by atoms with van der Waals surface area (Å²) in [5.74, 6) is -0.258. The van der Waals surface area contributed by atoms with E-state index in [2.05, 4.69) is 15.3 Å². The van der Waals surface area contributed by atoms with Crippen LogP contribution in [0, 0.1) is 0 Å². The van der Waals surface area contributed by atoms with Crippen LogP contribution in [-0.4, -0.2) is 15.9 Å². The zero-order chi connectivity index (χ0) is 17.1. The number of H-pyrrole nitrogens is 1. The van der Waals surface area contributed by atoms with Crippen molar-refractivity contribution in [3.05, 3.63) is 80.7 Å². The number of rotatable bonds is 3. The monoisotopic (exact) mass is 359 g/mol. The van der Waals surface area contributed by atoms with Crippen LogP contribution in [0.1, 0.15) is 10.4 Å². The Morgan fingerprint density at radius 1 is 1.00 bits per heavy atom. The maximum Gasteiger partial charge on any atom is 0.264 e. The molecule has 0 radical (unpaired) electrons. The van der Waals surface area contributed by atoms with Gasteiger partial charge in [-0.3, -0.25) is 9.59 Å². The first-order chi connectivity index (χ1) is 11.6. The molecule has 0 aliphatic heterocycles. The van der Waals surface area contributed by atoms with Crippen LogP contribution in [0.25, 0.3) is 11.4 Å². The highest BCUT2D eigenvalue weighted by Gasteiger charge is 2.15. The summed E-state index contributed by atoms with van der Waals surface area (Å²) in [5, 5.41) is 3.09. The molecule has 2 N–H and O–H groups in total. The molecule has 0 aliphatic carbocycles. The van der Waals surface area contributed by atoms with Crippen LogP contribution in [0.2, 0.25) is 10.0 Å². The topological polar surface area (TPSA) is 74.8 Å². The van der Waals surface area contributed by atoms with Crippen molar-refractivity contribution in [2.24, 2.45) is 0 Å². The van der Waals surface area contributed by atoms with E-state index in [1.807, 2.05) is 30.3 Å². The number of aromatic nitrogens is 2. The number of hydrogen-bond donors (Lipinski definition) is 2. The molecule has 1 amide bonds. The molecule has 0 aliphatic rings. The Hall–Kier alpha value is -2.63. The maximum absolute atomic E-state index is 12.3. The molecule has 0 saturated carbocycles. The van der Waals surface area contributed by atoms with E-state index in [-0.39, 0.29) is 21.3 Å². The second kappa shape index (κ2) is 6.86. The van der Waals surface area contributed by atoms with Crippen molar-refractivity contribution >= 4 is 34.8 Å². The highest BCUT2D eigenvalue weighted by atomic mass is 35.5. The minimum atomic E-state index is -0.640. The number of nitrogens with zero attached hydrogens (tertiary/aromatic N) is 1. The van der Waals surface area contributed by atoms with Crippen LogP contribution < -0.4 is 10.9 Å². The molecule has 7 heteroatoms.